The molecule has 3 amide bonds. The van der Waals surface area contributed by atoms with E-state index < -0.39 is 6.04 Å². The van der Waals surface area contributed by atoms with Crippen LogP contribution in [0.2, 0.25) is 0 Å². The largest absolute Gasteiger partial charge is 0.356 e. The van der Waals surface area contributed by atoms with E-state index in [1.807, 2.05) is 13.8 Å². The van der Waals surface area contributed by atoms with Gasteiger partial charge >= 0.3 is 0 Å². The summed E-state index contributed by atoms with van der Waals surface area (Å²) < 4.78 is 0. The van der Waals surface area contributed by atoms with E-state index in [9.17, 15) is 14.4 Å². The van der Waals surface area contributed by atoms with Crippen molar-refractivity contribution in [3.8, 4) is 0 Å². The third-order valence-electron chi connectivity index (χ3n) is 7.61. The quantitative estimate of drug-likeness (QED) is 0.0655. The summed E-state index contributed by atoms with van der Waals surface area (Å²) in [6.07, 6.45) is 20.4. The van der Waals surface area contributed by atoms with E-state index in [2.05, 4.69) is 28.2 Å². The first kappa shape index (κ1) is 40.3. The summed E-state index contributed by atoms with van der Waals surface area (Å²) in [5.74, 6) is -0.0963. The monoisotopic (exact) mass is 597 g/mol. The van der Waals surface area contributed by atoms with Gasteiger partial charge in [0.15, 0.2) is 0 Å². The molecule has 0 saturated carbocycles. The summed E-state index contributed by atoms with van der Waals surface area (Å²) in [4.78, 5) is 38.0. The number of unbranched alkanes of at least 4 members (excludes halogenated alkanes) is 13. The Balaban J connectivity index is 4.16. The maximum absolute atomic E-state index is 13.0. The number of carbonyl (C=O) groups is 3. The van der Waals surface area contributed by atoms with Gasteiger partial charge in [-0.05, 0) is 64.5 Å². The molecular formula is C33H68N6O3. The Morgan fingerprint density at radius 2 is 1.07 bits per heavy atom. The average molecular weight is 597 g/mol. The molecule has 0 aliphatic heterocycles. The van der Waals surface area contributed by atoms with Crippen LogP contribution in [0, 0.1) is 0 Å². The predicted octanol–water partition coefficient (Wildman–Crippen LogP) is 4.81. The summed E-state index contributed by atoms with van der Waals surface area (Å²) in [7, 11) is 0. The van der Waals surface area contributed by atoms with Crippen molar-refractivity contribution < 1.29 is 14.4 Å². The number of hydrogen-bond acceptors (Lipinski definition) is 6. The SMILES string of the molecule is CCCCCCCCCCCC(=O)NCCCCCCNC(=O)C(CCCCN)NC(=O)C(CCCCN)NC(C)C. The molecule has 248 valence electrons. The highest BCUT2D eigenvalue weighted by Crippen LogP contribution is 2.11. The third kappa shape index (κ3) is 24.8. The predicted molar refractivity (Wildman–Crippen MR) is 176 cm³/mol. The fourth-order valence-electron chi connectivity index (χ4n) is 5.07. The summed E-state index contributed by atoms with van der Waals surface area (Å²) in [5, 5.41) is 12.4. The van der Waals surface area contributed by atoms with Gasteiger partial charge in [0.25, 0.3) is 0 Å². The van der Waals surface area contributed by atoms with Crippen LogP contribution in [-0.4, -0.2) is 62.0 Å². The van der Waals surface area contributed by atoms with E-state index in [0.29, 0.717) is 45.4 Å². The number of amides is 3. The lowest BCUT2D eigenvalue weighted by atomic mass is 10.0. The summed E-state index contributed by atoms with van der Waals surface area (Å²) in [6.45, 7) is 8.75. The van der Waals surface area contributed by atoms with Crippen molar-refractivity contribution in [1.82, 2.24) is 21.3 Å². The molecule has 9 nitrogen and oxygen atoms in total. The van der Waals surface area contributed by atoms with Gasteiger partial charge in [-0.15, -0.1) is 0 Å². The molecule has 0 bridgehead atoms. The van der Waals surface area contributed by atoms with Crippen molar-refractivity contribution in [2.24, 2.45) is 11.5 Å². The van der Waals surface area contributed by atoms with Crippen LogP contribution >= 0.6 is 0 Å². The zero-order valence-electron chi connectivity index (χ0n) is 27.6. The van der Waals surface area contributed by atoms with Gasteiger partial charge < -0.3 is 32.7 Å². The molecule has 0 aromatic heterocycles. The third-order valence-corrected chi connectivity index (χ3v) is 7.61. The molecule has 9 heteroatoms. The Kier molecular flexibility index (Phi) is 28.2. The van der Waals surface area contributed by atoms with Crippen LogP contribution in [0.25, 0.3) is 0 Å². The standard InChI is InChI=1S/C33H68N6O3/c1-4-5-6-7-8-9-10-11-14-23-31(40)36-26-19-12-13-20-27-37-32(41)29(21-15-17-24-34)39-33(42)30(38-28(2)3)22-16-18-25-35/h28-30,38H,4-27,34-35H2,1-3H3,(H,36,40)(H,37,41)(H,39,42). The second-order valence-corrected chi connectivity index (χ2v) is 12.1. The van der Waals surface area contributed by atoms with Crippen LogP contribution in [0.3, 0.4) is 0 Å². The van der Waals surface area contributed by atoms with E-state index in [1.54, 1.807) is 0 Å². The fraction of sp³-hybridized carbons (Fsp3) is 0.909. The number of hydrogen-bond donors (Lipinski definition) is 6. The number of nitrogens with one attached hydrogen (secondary N) is 4. The highest BCUT2D eigenvalue weighted by Gasteiger charge is 2.25. The molecule has 0 saturated heterocycles. The van der Waals surface area contributed by atoms with Crippen LogP contribution < -0.4 is 32.7 Å². The molecule has 0 aromatic rings. The minimum absolute atomic E-state index is 0.130. The van der Waals surface area contributed by atoms with Crippen LogP contribution in [0.1, 0.15) is 149 Å². The topological polar surface area (TPSA) is 151 Å². The fourth-order valence-corrected chi connectivity index (χ4v) is 5.07. The first-order chi connectivity index (χ1) is 20.3. The molecule has 0 rings (SSSR count). The molecule has 2 unspecified atom stereocenters. The second kappa shape index (κ2) is 29.4. The van der Waals surface area contributed by atoms with Crippen molar-refractivity contribution in [3.05, 3.63) is 0 Å². The zero-order valence-corrected chi connectivity index (χ0v) is 27.6. The maximum Gasteiger partial charge on any atom is 0.242 e. The van der Waals surface area contributed by atoms with Crippen LogP contribution in [0.5, 0.6) is 0 Å². The molecule has 0 fully saturated rings. The minimum atomic E-state index is -0.559. The highest BCUT2D eigenvalue weighted by molar-refractivity contribution is 5.89. The van der Waals surface area contributed by atoms with Crippen molar-refractivity contribution in [2.45, 2.75) is 167 Å². The van der Waals surface area contributed by atoms with Gasteiger partial charge in [0.2, 0.25) is 17.7 Å². The van der Waals surface area contributed by atoms with Gasteiger partial charge in [-0.1, -0.05) is 91.4 Å². The number of nitrogens with two attached hydrogens (primary N) is 2. The molecule has 0 heterocycles. The van der Waals surface area contributed by atoms with Gasteiger partial charge in [0.05, 0.1) is 6.04 Å². The van der Waals surface area contributed by atoms with E-state index in [-0.39, 0.29) is 29.8 Å². The Morgan fingerprint density at radius 1 is 0.571 bits per heavy atom. The van der Waals surface area contributed by atoms with E-state index in [1.165, 1.54) is 44.9 Å². The number of rotatable bonds is 30. The number of carbonyl (C=O) groups excluding carboxylic acids is 3. The maximum atomic E-state index is 13.0. The summed E-state index contributed by atoms with van der Waals surface area (Å²) >= 11 is 0. The lowest BCUT2D eigenvalue weighted by Gasteiger charge is -2.24. The van der Waals surface area contributed by atoms with Gasteiger partial charge in [-0.25, -0.2) is 0 Å². The smallest absolute Gasteiger partial charge is 0.242 e. The first-order valence-electron chi connectivity index (χ1n) is 17.4. The molecule has 0 aliphatic rings. The minimum Gasteiger partial charge on any atom is -0.356 e. The van der Waals surface area contributed by atoms with Crippen LogP contribution in [-0.2, 0) is 14.4 Å². The molecule has 8 N–H and O–H groups in total. The molecule has 0 radical (unpaired) electrons. The van der Waals surface area contributed by atoms with Crippen molar-refractivity contribution >= 4 is 17.7 Å². The van der Waals surface area contributed by atoms with Gasteiger partial charge in [0, 0.05) is 25.6 Å². The van der Waals surface area contributed by atoms with Crippen molar-refractivity contribution in [2.75, 3.05) is 26.2 Å². The van der Waals surface area contributed by atoms with Crippen molar-refractivity contribution in [3.63, 3.8) is 0 Å². The Hall–Kier alpha value is -1.71. The molecule has 0 aliphatic carbocycles. The zero-order chi connectivity index (χ0) is 31.3. The lowest BCUT2D eigenvalue weighted by molar-refractivity contribution is -0.130. The first-order valence-corrected chi connectivity index (χ1v) is 17.4. The van der Waals surface area contributed by atoms with E-state index >= 15 is 0 Å². The summed E-state index contributed by atoms with van der Waals surface area (Å²) in [5.41, 5.74) is 11.3. The molecule has 42 heavy (non-hydrogen) atoms. The normalized spacial score (nSPS) is 12.7. The highest BCUT2D eigenvalue weighted by atomic mass is 16.2. The van der Waals surface area contributed by atoms with Crippen LogP contribution in [0.4, 0.5) is 0 Å². The van der Waals surface area contributed by atoms with E-state index in [4.69, 9.17) is 11.5 Å². The van der Waals surface area contributed by atoms with Crippen molar-refractivity contribution in [1.29, 1.82) is 0 Å². The Labute approximate surface area is 258 Å². The molecule has 0 spiro atoms. The second-order valence-electron chi connectivity index (χ2n) is 12.1. The van der Waals surface area contributed by atoms with E-state index in [0.717, 1.165) is 64.2 Å². The van der Waals surface area contributed by atoms with Crippen LogP contribution in [0.15, 0.2) is 0 Å². The Morgan fingerprint density at radius 3 is 1.62 bits per heavy atom. The molecular weight excluding hydrogens is 528 g/mol. The molecule has 2 atom stereocenters. The molecule has 0 aromatic carbocycles. The van der Waals surface area contributed by atoms with Gasteiger partial charge in [-0.2, -0.15) is 0 Å². The average Bonchev–Trinajstić information content (AvgIpc) is 2.96. The lowest BCUT2D eigenvalue weighted by Crippen LogP contribution is -2.53. The Bertz CT molecular complexity index is 662. The summed E-state index contributed by atoms with van der Waals surface area (Å²) in [6, 6.07) is -0.737. The van der Waals surface area contributed by atoms with Gasteiger partial charge in [0.1, 0.15) is 6.04 Å². The van der Waals surface area contributed by atoms with Gasteiger partial charge in [-0.3, -0.25) is 14.4 Å².